The van der Waals surface area contributed by atoms with Crippen molar-refractivity contribution in [2.24, 2.45) is 0 Å². The predicted octanol–water partition coefficient (Wildman–Crippen LogP) is 4.60. The van der Waals surface area contributed by atoms with Gasteiger partial charge in [0.15, 0.2) is 0 Å². The maximum atomic E-state index is 12.9. The van der Waals surface area contributed by atoms with Crippen molar-refractivity contribution in [1.29, 1.82) is 0 Å². The normalized spacial score (nSPS) is 11.0. The largest absolute Gasteiger partial charge is 0.497 e. The van der Waals surface area contributed by atoms with Gasteiger partial charge in [0.05, 0.1) is 14.2 Å². The third kappa shape index (κ3) is 5.72. The molecule has 4 nitrogen and oxygen atoms in total. The smallest absolute Gasteiger partial charge is 0.251 e. The highest BCUT2D eigenvalue weighted by Gasteiger charge is 2.12. The first kappa shape index (κ1) is 20.2. The van der Waals surface area contributed by atoms with Crippen molar-refractivity contribution < 1.29 is 14.3 Å². The van der Waals surface area contributed by atoms with E-state index >= 15 is 0 Å². The van der Waals surface area contributed by atoms with Crippen molar-refractivity contribution in [2.75, 3.05) is 20.8 Å². The van der Waals surface area contributed by atoms with Gasteiger partial charge in [-0.1, -0.05) is 54.6 Å². The lowest BCUT2D eigenvalue weighted by Crippen LogP contribution is -2.26. The number of hydrogen-bond donors (Lipinski definition) is 1. The molecule has 0 bridgehead atoms. The zero-order chi connectivity index (χ0) is 20.5. The van der Waals surface area contributed by atoms with Gasteiger partial charge in [-0.05, 0) is 53.5 Å². The van der Waals surface area contributed by atoms with Crippen LogP contribution >= 0.6 is 0 Å². The van der Waals surface area contributed by atoms with Crippen LogP contribution in [0.25, 0.3) is 11.6 Å². The average molecular weight is 387 g/mol. The lowest BCUT2D eigenvalue weighted by atomic mass is 10.0. The monoisotopic (exact) mass is 387 g/mol. The van der Waals surface area contributed by atoms with Crippen LogP contribution < -0.4 is 14.8 Å². The van der Waals surface area contributed by atoms with Gasteiger partial charge in [0.2, 0.25) is 0 Å². The molecule has 0 saturated heterocycles. The second-order valence-electron chi connectivity index (χ2n) is 6.55. The van der Waals surface area contributed by atoms with Crippen molar-refractivity contribution >= 4 is 17.6 Å². The third-order valence-electron chi connectivity index (χ3n) is 4.61. The number of carbonyl (C=O) groups excluding carboxylic acids is 1. The van der Waals surface area contributed by atoms with Gasteiger partial charge in [0.1, 0.15) is 11.5 Å². The fourth-order valence-electron chi connectivity index (χ4n) is 2.97. The maximum Gasteiger partial charge on any atom is 0.251 e. The highest BCUT2D eigenvalue weighted by atomic mass is 16.5. The molecule has 0 radical (unpaired) electrons. The van der Waals surface area contributed by atoms with E-state index in [1.807, 2.05) is 84.9 Å². The molecule has 1 N–H and O–H groups in total. The van der Waals surface area contributed by atoms with Crippen molar-refractivity contribution in [1.82, 2.24) is 5.32 Å². The van der Waals surface area contributed by atoms with Crippen molar-refractivity contribution in [3.63, 3.8) is 0 Å². The first-order chi connectivity index (χ1) is 14.2. The first-order valence-electron chi connectivity index (χ1n) is 9.52. The van der Waals surface area contributed by atoms with Crippen LogP contribution in [0.1, 0.15) is 16.7 Å². The number of methoxy groups -OCH3 is 2. The summed E-state index contributed by atoms with van der Waals surface area (Å²) < 4.78 is 10.4. The van der Waals surface area contributed by atoms with Crippen LogP contribution in [0.5, 0.6) is 11.5 Å². The molecule has 3 aromatic rings. The molecule has 0 saturated carbocycles. The Morgan fingerprint density at radius 2 is 1.41 bits per heavy atom. The number of hydrogen-bond acceptors (Lipinski definition) is 3. The molecule has 0 aromatic heterocycles. The summed E-state index contributed by atoms with van der Waals surface area (Å²) >= 11 is 0. The molecule has 4 heteroatoms. The van der Waals surface area contributed by atoms with E-state index in [4.69, 9.17) is 9.47 Å². The molecule has 0 aliphatic carbocycles. The van der Waals surface area contributed by atoms with E-state index in [0.29, 0.717) is 12.1 Å². The molecule has 0 unspecified atom stereocenters. The summed E-state index contributed by atoms with van der Waals surface area (Å²) in [6.45, 7) is 0.554. The van der Waals surface area contributed by atoms with Crippen LogP contribution in [-0.2, 0) is 11.2 Å². The van der Waals surface area contributed by atoms with Gasteiger partial charge < -0.3 is 14.8 Å². The standard InChI is InChI=1S/C25H25NO3/c1-28-22-12-8-19(9-13-22)16-17-26-25(27)24(21-6-4-3-5-7-21)18-20-10-14-23(29-2)15-11-20/h3-15,18H,16-17H2,1-2H3,(H,26,27). The van der Waals surface area contributed by atoms with Gasteiger partial charge in [-0.3, -0.25) is 4.79 Å². The van der Waals surface area contributed by atoms with E-state index in [9.17, 15) is 4.79 Å². The lowest BCUT2D eigenvalue weighted by Gasteiger charge is -2.10. The van der Waals surface area contributed by atoms with Gasteiger partial charge in [0, 0.05) is 12.1 Å². The summed E-state index contributed by atoms with van der Waals surface area (Å²) in [4.78, 5) is 12.9. The number of rotatable bonds is 8. The molecule has 0 aliphatic rings. The zero-order valence-corrected chi connectivity index (χ0v) is 16.7. The summed E-state index contributed by atoms with van der Waals surface area (Å²) in [5.41, 5.74) is 3.59. The Balaban J connectivity index is 1.72. The minimum atomic E-state index is -0.0967. The second kappa shape index (κ2) is 10.1. The van der Waals surface area contributed by atoms with Crippen molar-refractivity contribution in [3.8, 4) is 11.5 Å². The highest BCUT2D eigenvalue weighted by molar-refractivity contribution is 6.24. The SMILES string of the molecule is COc1ccc(C=C(C(=O)NCCc2ccc(OC)cc2)c2ccccc2)cc1. The summed E-state index contributed by atoms with van der Waals surface area (Å²) in [5.74, 6) is 1.51. The molecular formula is C25H25NO3. The Morgan fingerprint density at radius 1 is 0.828 bits per heavy atom. The lowest BCUT2D eigenvalue weighted by molar-refractivity contribution is -0.115. The minimum Gasteiger partial charge on any atom is -0.497 e. The summed E-state index contributed by atoms with van der Waals surface area (Å²) in [6.07, 6.45) is 2.65. The highest BCUT2D eigenvalue weighted by Crippen LogP contribution is 2.20. The van der Waals surface area contributed by atoms with Crippen LogP contribution in [0.2, 0.25) is 0 Å². The molecule has 1 amide bonds. The molecule has 0 aliphatic heterocycles. The number of ether oxygens (including phenoxy) is 2. The van der Waals surface area contributed by atoms with Gasteiger partial charge in [-0.2, -0.15) is 0 Å². The van der Waals surface area contributed by atoms with Crippen LogP contribution in [0, 0.1) is 0 Å². The summed E-state index contributed by atoms with van der Waals surface area (Å²) in [6, 6.07) is 25.2. The van der Waals surface area contributed by atoms with E-state index in [2.05, 4.69) is 5.32 Å². The second-order valence-corrected chi connectivity index (χ2v) is 6.55. The number of nitrogens with one attached hydrogen (secondary N) is 1. The van der Waals surface area contributed by atoms with Crippen molar-refractivity contribution in [2.45, 2.75) is 6.42 Å². The molecule has 29 heavy (non-hydrogen) atoms. The zero-order valence-electron chi connectivity index (χ0n) is 16.7. The summed E-state index contributed by atoms with van der Waals surface area (Å²) in [7, 11) is 3.28. The average Bonchev–Trinajstić information content (AvgIpc) is 2.79. The third-order valence-corrected chi connectivity index (χ3v) is 4.61. The van der Waals surface area contributed by atoms with Crippen LogP contribution in [0.4, 0.5) is 0 Å². The Hall–Kier alpha value is -3.53. The van der Waals surface area contributed by atoms with E-state index < -0.39 is 0 Å². The first-order valence-corrected chi connectivity index (χ1v) is 9.52. The van der Waals surface area contributed by atoms with E-state index in [-0.39, 0.29) is 5.91 Å². The molecule has 3 aromatic carbocycles. The topological polar surface area (TPSA) is 47.6 Å². The summed E-state index contributed by atoms with van der Waals surface area (Å²) in [5, 5.41) is 3.04. The van der Waals surface area contributed by atoms with E-state index in [1.165, 1.54) is 0 Å². The molecule has 148 valence electrons. The molecule has 0 fully saturated rings. The maximum absolute atomic E-state index is 12.9. The van der Waals surface area contributed by atoms with E-state index in [1.54, 1.807) is 14.2 Å². The number of benzene rings is 3. The van der Waals surface area contributed by atoms with Crippen LogP contribution in [0.3, 0.4) is 0 Å². The Morgan fingerprint density at radius 3 is 2.00 bits per heavy atom. The predicted molar refractivity (Wildman–Crippen MR) is 117 cm³/mol. The number of carbonyl (C=O) groups is 1. The molecule has 0 heterocycles. The fraction of sp³-hybridized carbons (Fsp3) is 0.160. The quantitative estimate of drug-likeness (QED) is 0.454. The van der Waals surface area contributed by atoms with Gasteiger partial charge in [0.25, 0.3) is 5.91 Å². The Labute approximate surface area is 171 Å². The number of amides is 1. The van der Waals surface area contributed by atoms with Crippen LogP contribution in [0.15, 0.2) is 78.9 Å². The Kier molecular flexibility index (Phi) is 7.06. The van der Waals surface area contributed by atoms with Gasteiger partial charge in [-0.15, -0.1) is 0 Å². The van der Waals surface area contributed by atoms with E-state index in [0.717, 1.165) is 34.6 Å². The van der Waals surface area contributed by atoms with Crippen LogP contribution in [-0.4, -0.2) is 26.7 Å². The molecule has 0 spiro atoms. The Bertz CT molecular complexity index is 946. The molecule has 0 atom stereocenters. The molecular weight excluding hydrogens is 362 g/mol. The van der Waals surface area contributed by atoms with Gasteiger partial charge >= 0.3 is 0 Å². The van der Waals surface area contributed by atoms with Crippen molar-refractivity contribution in [3.05, 3.63) is 95.6 Å². The van der Waals surface area contributed by atoms with Gasteiger partial charge in [-0.25, -0.2) is 0 Å². The fourth-order valence-corrected chi connectivity index (χ4v) is 2.97. The molecule has 3 rings (SSSR count). The minimum absolute atomic E-state index is 0.0967.